The number of carbonyl (C=O) groups is 2. The van der Waals surface area contributed by atoms with Crippen molar-refractivity contribution >= 4 is 11.8 Å². The number of halogens is 3. The Morgan fingerprint density at radius 3 is 2.58 bits per heavy atom. The molecule has 2 aliphatic rings. The van der Waals surface area contributed by atoms with Crippen LogP contribution in [0.2, 0.25) is 0 Å². The second kappa shape index (κ2) is 7.75. The maximum atomic E-state index is 13.8. The number of amides is 2. The van der Waals surface area contributed by atoms with Crippen molar-refractivity contribution in [2.45, 2.75) is 32.4 Å². The summed E-state index contributed by atoms with van der Waals surface area (Å²) in [6.45, 7) is 2.31. The number of aromatic hydroxyl groups is 1. The standard InChI is InChI=1S/C21H20F3N3O4/c1-10-2-3-26-8-12(4-10)27-9-14(18(28)19(29)17(27)21(26)31)20(30)25-7-13-15(23)5-11(22)6-16(13)24/h5-6,9-10,12,29H,2-4,7-8H2,1H3,(H,25,30). The summed E-state index contributed by atoms with van der Waals surface area (Å²) >= 11 is 0. The number of carbonyl (C=O) groups excluding carboxylic acids is 2. The summed E-state index contributed by atoms with van der Waals surface area (Å²) in [6, 6.07) is 0.735. The van der Waals surface area contributed by atoms with Crippen LogP contribution in [0.25, 0.3) is 0 Å². The topological polar surface area (TPSA) is 91.6 Å². The lowest BCUT2D eigenvalue weighted by molar-refractivity contribution is 0.0677. The van der Waals surface area contributed by atoms with E-state index in [9.17, 15) is 32.7 Å². The summed E-state index contributed by atoms with van der Waals surface area (Å²) < 4.78 is 42.1. The van der Waals surface area contributed by atoms with Crippen LogP contribution in [-0.2, 0) is 6.54 Å². The van der Waals surface area contributed by atoms with Gasteiger partial charge in [0.05, 0.1) is 6.04 Å². The Labute approximate surface area is 175 Å². The van der Waals surface area contributed by atoms with E-state index in [0.717, 1.165) is 6.42 Å². The normalized spacial score (nSPS) is 20.3. The van der Waals surface area contributed by atoms with E-state index >= 15 is 0 Å². The highest BCUT2D eigenvalue weighted by Gasteiger charge is 2.37. The molecule has 2 unspecified atom stereocenters. The molecule has 2 aromatic rings. The smallest absolute Gasteiger partial charge is 0.274 e. The largest absolute Gasteiger partial charge is 0.503 e. The van der Waals surface area contributed by atoms with E-state index in [-0.39, 0.29) is 17.7 Å². The first kappa shape index (κ1) is 21.0. The molecule has 3 heterocycles. The Bertz CT molecular complexity index is 1120. The average molecular weight is 435 g/mol. The average Bonchev–Trinajstić information content (AvgIpc) is 2.87. The van der Waals surface area contributed by atoms with Gasteiger partial charge >= 0.3 is 0 Å². The summed E-state index contributed by atoms with van der Waals surface area (Å²) in [4.78, 5) is 39.5. The van der Waals surface area contributed by atoms with Gasteiger partial charge in [-0.2, -0.15) is 0 Å². The van der Waals surface area contributed by atoms with Crippen LogP contribution >= 0.6 is 0 Å². The van der Waals surface area contributed by atoms with Crippen LogP contribution in [-0.4, -0.2) is 39.5 Å². The Balaban J connectivity index is 1.68. The minimum Gasteiger partial charge on any atom is -0.503 e. The molecule has 2 amide bonds. The molecule has 4 rings (SSSR count). The highest BCUT2D eigenvalue weighted by Crippen LogP contribution is 2.33. The fourth-order valence-corrected chi connectivity index (χ4v) is 4.20. The lowest BCUT2D eigenvalue weighted by Crippen LogP contribution is -2.44. The summed E-state index contributed by atoms with van der Waals surface area (Å²) in [5.74, 6) is -5.46. The predicted molar refractivity (Wildman–Crippen MR) is 103 cm³/mol. The third-order valence-electron chi connectivity index (χ3n) is 5.87. The Kier molecular flexibility index (Phi) is 5.24. The first-order chi connectivity index (χ1) is 14.7. The number of pyridine rings is 1. The van der Waals surface area contributed by atoms with Gasteiger partial charge in [0.2, 0.25) is 5.43 Å². The van der Waals surface area contributed by atoms with Gasteiger partial charge in [-0.25, -0.2) is 13.2 Å². The molecular weight excluding hydrogens is 415 g/mol. The maximum absolute atomic E-state index is 13.8. The molecule has 2 atom stereocenters. The Morgan fingerprint density at radius 1 is 1.23 bits per heavy atom. The van der Waals surface area contributed by atoms with Gasteiger partial charge in [-0.05, 0) is 18.8 Å². The number of hydrogen-bond acceptors (Lipinski definition) is 4. The van der Waals surface area contributed by atoms with Gasteiger partial charge in [-0.3, -0.25) is 14.4 Å². The molecule has 0 spiro atoms. The van der Waals surface area contributed by atoms with E-state index in [1.165, 1.54) is 10.8 Å². The van der Waals surface area contributed by atoms with Crippen LogP contribution in [0.4, 0.5) is 13.2 Å². The Morgan fingerprint density at radius 2 is 1.90 bits per heavy atom. The lowest BCUT2D eigenvalue weighted by Gasteiger charge is -2.34. The molecule has 0 aliphatic carbocycles. The lowest BCUT2D eigenvalue weighted by atomic mass is 9.99. The molecule has 0 radical (unpaired) electrons. The van der Waals surface area contributed by atoms with Gasteiger partial charge < -0.3 is 19.9 Å². The highest BCUT2D eigenvalue weighted by atomic mass is 19.1. The number of rotatable bonds is 3. The molecule has 0 saturated carbocycles. The van der Waals surface area contributed by atoms with E-state index in [4.69, 9.17) is 0 Å². The summed E-state index contributed by atoms with van der Waals surface area (Å²) in [5, 5.41) is 12.7. The van der Waals surface area contributed by atoms with Gasteiger partial charge in [0.1, 0.15) is 23.0 Å². The molecule has 10 heteroatoms. The predicted octanol–water partition coefficient (Wildman–Crippen LogP) is 2.33. The maximum Gasteiger partial charge on any atom is 0.274 e. The summed E-state index contributed by atoms with van der Waals surface area (Å²) in [6.07, 6.45) is 2.68. The molecule has 1 aromatic carbocycles. The summed E-state index contributed by atoms with van der Waals surface area (Å²) in [5.41, 5.74) is -2.24. The van der Waals surface area contributed by atoms with E-state index in [1.54, 1.807) is 4.90 Å². The van der Waals surface area contributed by atoms with Crippen LogP contribution in [0.5, 0.6) is 5.75 Å². The monoisotopic (exact) mass is 435 g/mol. The zero-order valence-corrected chi connectivity index (χ0v) is 16.6. The molecule has 2 N–H and O–H groups in total. The zero-order valence-electron chi connectivity index (χ0n) is 16.6. The van der Waals surface area contributed by atoms with Gasteiger partial charge in [0.15, 0.2) is 11.4 Å². The molecule has 1 saturated heterocycles. The zero-order chi connectivity index (χ0) is 22.4. The van der Waals surface area contributed by atoms with Crippen LogP contribution in [0, 0.1) is 23.4 Å². The van der Waals surface area contributed by atoms with Crippen molar-refractivity contribution in [1.82, 2.24) is 14.8 Å². The Hall–Kier alpha value is -3.30. The highest BCUT2D eigenvalue weighted by molar-refractivity contribution is 5.99. The number of benzene rings is 1. The van der Waals surface area contributed by atoms with Crippen LogP contribution in [0.15, 0.2) is 23.1 Å². The van der Waals surface area contributed by atoms with Crippen molar-refractivity contribution in [3.8, 4) is 5.75 Å². The van der Waals surface area contributed by atoms with Crippen LogP contribution in [0.3, 0.4) is 0 Å². The third-order valence-corrected chi connectivity index (χ3v) is 5.87. The number of nitrogens with zero attached hydrogens (tertiary/aromatic N) is 2. The van der Waals surface area contributed by atoms with Crippen LogP contribution in [0.1, 0.15) is 52.2 Å². The first-order valence-electron chi connectivity index (χ1n) is 9.86. The molecule has 31 heavy (non-hydrogen) atoms. The van der Waals surface area contributed by atoms with Gasteiger partial charge in [-0.1, -0.05) is 6.92 Å². The van der Waals surface area contributed by atoms with E-state index in [0.29, 0.717) is 31.6 Å². The van der Waals surface area contributed by atoms with Crippen LogP contribution < -0.4 is 10.7 Å². The van der Waals surface area contributed by atoms with Crippen molar-refractivity contribution in [2.75, 3.05) is 13.1 Å². The minimum atomic E-state index is -1.18. The molecule has 1 aromatic heterocycles. The molecule has 164 valence electrons. The van der Waals surface area contributed by atoms with Gasteiger partial charge in [0.25, 0.3) is 11.8 Å². The first-order valence-corrected chi connectivity index (χ1v) is 9.86. The summed E-state index contributed by atoms with van der Waals surface area (Å²) in [7, 11) is 0. The molecular formula is C21H20F3N3O4. The number of nitrogens with one attached hydrogen (secondary N) is 1. The second-order valence-electron chi connectivity index (χ2n) is 8.04. The van der Waals surface area contributed by atoms with E-state index in [2.05, 4.69) is 5.32 Å². The quantitative estimate of drug-likeness (QED) is 0.774. The second-order valence-corrected chi connectivity index (χ2v) is 8.04. The number of aromatic nitrogens is 1. The van der Waals surface area contributed by atoms with Crippen molar-refractivity contribution in [1.29, 1.82) is 0 Å². The number of hydrogen-bond donors (Lipinski definition) is 2. The molecule has 1 fully saturated rings. The molecule has 2 bridgehead atoms. The van der Waals surface area contributed by atoms with E-state index in [1.807, 2.05) is 6.92 Å². The van der Waals surface area contributed by atoms with Crippen molar-refractivity contribution in [3.63, 3.8) is 0 Å². The minimum absolute atomic E-state index is 0.164. The van der Waals surface area contributed by atoms with Crippen molar-refractivity contribution in [3.05, 3.63) is 62.8 Å². The van der Waals surface area contributed by atoms with Crippen molar-refractivity contribution < 1.29 is 27.9 Å². The van der Waals surface area contributed by atoms with Crippen molar-refractivity contribution in [2.24, 2.45) is 5.92 Å². The fraction of sp³-hybridized carbons (Fsp3) is 0.381. The molecule has 2 aliphatic heterocycles. The van der Waals surface area contributed by atoms with Gasteiger partial charge in [0, 0.05) is 43.5 Å². The van der Waals surface area contributed by atoms with E-state index < -0.39 is 58.1 Å². The SMILES string of the molecule is CC1CCN2CC(C1)n1cc(C(=O)NCc3c(F)cc(F)cc3F)c(=O)c(O)c1C2=O. The molecule has 7 nitrogen and oxygen atoms in total. The fourth-order valence-electron chi connectivity index (χ4n) is 4.20. The van der Waals surface area contributed by atoms with Gasteiger partial charge in [-0.15, -0.1) is 0 Å². The third kappa shape index (κ3) is 3.66. The number of fused-ring (bicyclic) bond motifs is 4.